The minimum absolute atomic E-state index is 0.0107. The van der Waals surface area contributed by atoms with Crippen molar-refractivity contribution >= 4 is 35.3 Å². The summed E-state index contributed by atoms with van der Waals surface area (Å²) in [5, 5.41) is 39.6. The molecule has 2 aliphatic heterocycles. The third-order valence-electron chi connectivity index (χ3n) is 15.3. The summed E-state index contributed by atoms with van der Waals surface area (Å²) < 4.78 is 10.5. The SMILES string of the molecule is C#CCCOCCOC(=O)CC(CN=[N+]=[N-])CC(=O)C1=C(C)CSC2C(NC(=O)CCC(C)C3CCC4C5C(O)C(O)C6CC(O)CCC6(C)C5CCC34C)C(=O)N12. The van der Waals surface area contributed by atoms with E-state index in [9.17, 15) is 34.5 Å². The van der Waals surface area contributed by atoms with Gasteiger partial charge in [-0.25, -0.2) is 0 Å². The molecule has 0 aromatic carbocycles. The summed E-state index contributed by atoms with van der Waals surface area (Å²) in [6.07, 6.45) is 10.5. The van der Waals surface area contributed by atoms with Crippen LogP contribution in [0.5, 0.6) is 0 Å². The molecule has 2 amide bonds. The van der Waals surface area contributed by atoms with Crippen molar-refractivity contribution in [3.05, 3.63) is 21.7 Å². The van der Waals surface area contributed by atoms with Gasteiger partial charge in [-0.1, -0.05) is 25.9 Å². The lowest BCUT2D eigenvalue weighted by atomic mass is 9.43. The third-order valence-corrected chi connectivity index (χ3v) is 16.7. The van der Waals surface area contributed by atoms with Crippen LogP contribution >= 0.6 is 11.8 Å². The second kappa shape index (κ2) is 18.7. The first-order valence-corrected chi connectivity index (χ1v) is 22.4. The highest BCUT2D eigenvalue weighted by molar-refractivity contribution is 8.00. The van der Waals surface area contributed by atoms with E-state index in [0.29, 0.717) is 43.5 Å². The van der Waals surface area contributed by atoms with Gasteiger partial charge in [0.1, 0.15) is 18.0 Å². The number of hydrogen-bond donors (Lipinski definition) is 4. The first-order valence-electron chi connectivity index (χ1n) is 21.3. The number of β-lactam (4-membered cyclic amide) rings is 1. The molecule has 5 fully saturated rings. The number of terminal acetylenes is 1. The Hall–Kier alpha value is -3.12. The summed E-state index contributed by atoms with van der Waals surface area (Å²) in [5.41, 5.74) is 9.82. The number of Topliss-reactive ketones (excluding diaryl/α,β-unsaturated/α-hetero) is 1. The largest absolute Gasteiger partial charge is 0.463 e. The van der Waals surface area contributed by atoms with Gasteiger partial charge >= 0.3 is 5.97 Å². The van der Waals surface area contributed by atoms with Crippen molar-refractivity contribution in [1.82, 2.24) is 10.2 Å². The molecule has 0 spiro atoms. The molecule has 0 bridgehead atoms. The zero-order valence-corrected chi connectivity index (χ0v) is 35.3. The van der Waals surface area contributed by atoms with Crippen LogP contribution in [0.4, 0.5) is 0 Å². The number of allylic oxidation sites excluding steroid dienone is 1. The van der Waals surface area contributed by atoms with Crippen molar-refractivity contribution in [1.29, 1.82) is 0 Å². The maximum atomic E-state index is 13.7. The number of azide groups is 1. The zero-order chi connectivity index (χ0) is 41.9. The van der Waals surface area contributed by atoms with E-state index in [1.54, 1.807) is 6.92 Å². The van der Waals surface area contributed by atoms with Gasteiger partial charge in [-0.05, 0) is 122 Å². The maximum absolute atomic E-state index is 13.7. The Labute approximate surface area is 346 Å². The van der Waals surface area contributed by atoms with E-state index in [1.807, 2.05) is 0 Å². The molecule has 14 nitrogen and oxygen atoms in total. The van der Waals surface area contributed by atoms with Crippen LogP contribution in [0.2, 0.25) is 0 Å². The maximum Gasteiger partial charge on any atom is 0.306 e. The molecule has 4 N–H and O–H groups in total. The molecule has 4 saturated carbocycles. The fraction of sp³-hybridized carbons (Fsp3) is 0.814. The number of thioether (sulfide) groups is 1. The molecule has 320 valence electrons. The molecular weight excluding hydrogens is 763 g/mol. The molecule has 14 atom stereocenters. The summed E-state index contributed by atoms with van der Waals surface area (Å²) in [4.78, 5) is 57.5. The van der Waals surface area contributed by atoms with Crippen molar-refractivity contribution in [2.75, 3.05) is 32.1 Å². The normalized spacial score (nSPS) is 37.4. The Morgan fingerprint density at radius 1 is 1.05 bits per heavy atom. The first kappa shape index (κ1) is 44.4. The first-order chi connectivity index (χ1) is 27.7. The highest BCUT2D eigenvalue weighted by Gasteiger charge is 2.65. The summed E-state index contributed by atoms with van der Waals surface area (Å²) in [5.74, 6) is 2.03. The van der Waals surface area contributed by atoms with Crippen molar-refractivity contribution < 1.29 is 44.0 Å². The lowest BCUT2D eigenvalue weighted by molar-refractivity contribution is -0.223. The van der Waals surface area contributed by atoms with Gasteiger partial charge in [0.05, 0.1) is 37.2 Å². The average Bonchev–Trinajstić information content (AvgIpc) is 3.55. The van der Waals surface area contributed by atoms with Crippen molar-refractivity contribution in [2.45, 2.75) is 134 Å². The minimum Gasteiger partial charge on any atom is -0.463 e. The fourth-order valence-electron chi connectivity index (χ4n) is 12.3. The van der Waals surface area contributed by atoms with Crippen LogP contribution in [0, 0.1) is 64.6 Å². The Kier molecular flexibility index (Phi) is 14.3. The highest BCUT2D eigenvalue weighted by atomic mass is 32.2. The Balaban J connectivity index is 1.00. The van der Waals surface area contributed by atoms with E-state index in [4.69, 9.17) is 21.4 Å². The summed E-state index contributed by atoms with van der Waals surface area (Å²) in [7, 11) is 0. The topological polar surface area (TPSA) is 211 Å². The van der Waals surface area contributed by atoms with E-state index in [-0.39, 0.29) is 96.8 Å². The van der Waals surface area contributed by atoms with Gasteiger partial charge in [0.25, 0.3) is 5.91 Å². The number of ketones is 1. The molecule has 1 saturated heterocycles. The number of carbonyl (C=O) groups is 4. The predicted molar refractivity (Wildman–Crippen MR) is 217 cm³/mol. The smallest absolute Gasteiger partial charge is 0.306 e. The number of esters is 1. The monoisotopic (exact) mass is 825 g/mol. The fourth-order valence-corrected chi connectivity index (χ4v) is 13.6. The molecule has 15 heteroatoms. The number of carbonyl (C=O) groups excluding carboxylic acids is 4. The number of hydrogen-bond acceptors (Lipinski definition) is 11. The van der Waals surface area contributed by atoms with E-state index in [1.165, 1.54) is 16.7 Å². The number of ether oxygens (including phenoxy) is 2. The summed E-state index contributed by atoms with van der Waals surface area (Å²) in [6, 6.07) is -0.755. The number of amides is 2. The standard InChI is InChI=1S/C43H63N5O9S/c1-6-7-16-56-17-18-57-34(52)20-26(22-45-47-44)19-32(50)37-25(3)23-58-41-36(40(55)48(37)41)46-33(51)11-8-24(2)28-9-10-29-35-30(13-15-42(28,29)4)43(5)14-12-27(49)21-31(43)38(53)39(35)54/h1,24,26-31,35-36,38-39,41,49,53-54H,7-23H2,2-5H3,(H,46,51). The summed E-state index contributed by atoms with van der Waals surface area (Å²) >= 11 is 1.49. The molecule has 0 aromatic rings. The van der Waals surface area contributed by atoms with Gasteiger partial charge in [-0.15, -0.1) is 24.1 Å². The van der Waals surface area contributed by atoms with Crippen LogP contribution in [0.15, 0.2) is 16.4 Å². The number of rotatable bonds is 17. The lowest BCUT2D eigenvalue weighted by Crippen LogP contribution is -2.70. The van der Waals surface area contributed by atoms with Crippen LogP contribution in [0.3, 0.4) is 0 Å². The highest BCUT2D eigenvalue weighted by Crippen LogP contribution is 2.68. The molecule has 4 aliphatic carbocycles. The molecule has 58 heavy (non-hydrogen) atoms. The van der Waals surface area contributed by atoms with Crippen molar-refractivity contribution in [3.63, 3.8) is 0 Å². The molecule has 0 aromatic heterocycles. The third kappa shape index (κ3) is 8.70. The van der Waals surface area contributed by atoms with E-state index >= 15 is 0 Å². The molecule has 6 aliphatic rings. The van der Waals surface area contributed by atoms with Crippen LogP contribution in [0.1, 0.15) is 105 Å². The number of aliphatic hydroxyl groups excluding tert-OH is 3. The molecular formula is C43H63N5O9S. The van der Waals surface area contributed by atoms with Gasteiger partial charge in [0.15, 0.2) is 5.78 Å². The van der Waals surface area contributed by atoms with Gasteiger partial charge in [0.2, 0.25) is 5.91 Å². The Morgan fingerprint density at radius 2 is 1.79 bits per heavy atom. The van der Waals surface area contributed by atoms with Gasteiger partial charge in [0, 0.05) is 42.9 Å². The zero-order valence-electron chi connectivity index (χ0n) is 34.5. The molecule has 0 radical (unpaired) electrons. The van der Waals surface area contributed by atoms with Crippen LogP contribution < -0.4 is 5.32 Å². The Morgan fingerprint density at radius 3 is 2.53 bits per heavy atom. The second-order valence-corrected chi connectivity index (χ2v) is 19.6. The van der Waals surface area contributed by atoms with E-state index < -0.39 is 41.6 Å². The number of nitrogens with zero attached hydrogens (tertiary/aromatic N) is 4. The summed E-state index contributed by atoms with van der Waals surface area (Å²) in [6.45, 7) is 9.12. The van der Waals surface area contributed by atoms with Gasteiger partial charge in [-0.3, -0.25) is 24.1 Å². The van der Waals surface area contributed by atoms with E-state index in [0.717, 1.165) is 44.1 Å². The quantitative estimate of drug-likeness (QED) is 0.0297. The molecule has 14 unspecified atom stereocenters. The number of nitrogens with one attached hydrogen (secondary N) is 1. The molecule has 2 heterocycles. The van der Waals surface area contributed by atoms with E-state index in [2.05, 4.69) is 42.0 Å². The number of fused-ring (bicyclic) bond motifs is 6. The van der Waals surface area contributed by atoms with Gasteiger partial charge in [-0.2, -0.15) is 0 Å². The second-order valence-electron chi connectivity index (χ2n) is 18.5. The predicted octanol–water partition coefficient (Wildman–Crippen LogP) is 4.90. The van der Waals surface area contributed by atoms with Crippen LogP contribution in [-0.2, 0) is 28.7 Å². The average molecular weight is 826 g/mol. The van der Waals surface area contributed by atoms with Crippen molar-refractivity contribution in [2.24, 2.45) is 57.4 Å². The van der Waals surface area contributed by atoms with Crippen LogP contribution in [-0.4, -0.2) is 106 Å². The minimum atomic E-state index is -0.830. The van der Waals surface area contributed by atoms with Crippen molar-refractivity contribution in [3.8, 4) is 12.3 Å². The lowest BCUT2D eigenvalue weighted by Gasteiger charge is -2.63. The number of aliphatic hydroxyl groups is 3. The molecule has 6 rings (SSSR count). The van der Waals surface area contributed by atoms with Crippen LogP contribution in [0.25, 0.3) is 10.4 Å². The Bertz CT molecular complexity index is 1700. The van der Waals surface area contributed by atoms with Gasteiger partial charge < -0.3 is 30.1 Å².